The van der Waals surface area contributed by atoms with Crippen LogP contribution in [-0.4, -0.2) is 50.0 Å². The SMILES string of the molecule is CC1(C)S[C@H]2[C@H](NC(=O)C(N)c3ccccc3)C(=O)N2[C@H]1C(=O)O. The molecule has 4 atom stereocenters. The first kappa shape index (κ1) is 16.8. The second-order valence-corrected chi connectivity index (χ2v) is 8.24. The van der Waals surface area contributed by atoms with E-state index in [2.05, 4.69) is 5.32 Å². The van der Waals surface area contributed by atoms with Crippen LogP contribution in [-0.2, 0) is 14.4 Å². The lowest BCUT2D eigenvalue weighted by Gasteiger charge is -2.43. The maximum absolute atomic E-state index is 12.3. The normalized spacial score (nSPS) is 28.7. The molecule has 24 heavy (non-hydrogen) atoms. The number of carboxylic acids is 1. The maximum atomic E-state index is 12.3. The zero-order valence-corrected chi connectivity index (χ0v) is 14.1. The Balaban J connectivity index is 1.71. The Kier molecular flexibility index (Phi) is 4.05. The quantitative estimate of drug-likeness (QED) is 0.675. The average Bonchev–Trinajstić information content (AvgIpc) is 2.80. The number of nitrogens with two attached hydrogens (primary N) is 1. The molecule has 1 aromatic rings. The number of fused-ring (bicyclic) bond motifs is 1. The van der Waals surface area contributed by atoms with Gasteiger partial charge in [-0.25, -0.2) is 4.79 Å². The maximum Gasteiger partial charge on any atom is 0.327 e. The molecule has 0 saturated carbocycles. The Hall–Kier alpha value is -2.06. The summed E-state index contributed by atoms with van der Waals surface area (Å²) < 4.78 is -0.618. The van der Waals surface area contributed by atoms with Crippen molar-refractivity contribution >= 4 is 29.5 Å². The standard InChI is InChI=1S/C16H19N3O4S/c1-16(2)11(15(22)23)19-13(21)10(14(19)24-16)18-12(20)9(17)8-6-4-3-5-7-8/h3-7,9-11,14H,17H2,1-2H3,(H,18,20)(H,22,23)/t9?,10-,11+,14+/m1/s1. The van der Waals surface area contributed by atoms with Gasteiger partial charge in [-0.3, -0.25) is 9.59 Å². The second kappa shape index (κ2) is 5.78. The number of carbonyl (C=O) groups excluding carboxylic acids is 2. The molecule has 8 heteroatoms. The van der Waals surface area contributed by atoms with E-state index in [1.54, 1.807) is 38.1 Å². The van der Waals surface area contributed by atoms with Gasteiger partial charge in [-0.15, -0.1) is 11.8 Å². The van der Waals surface area contributed by atoms with E-state index in [9.17, 15) is 19.5 Å². The highest BCUT2D eigenvalue weighted by Gasteiger charge is 2.64. The van der Waals surface area contributed by atoms with Crippen molar-refractivity contribution in [2.24, 2.45) is 5.73 Å². The van der Waals surface area contributed by atoms with Crippen molar-refractivity contribution in [3.05, 3.63) is 35.9 Å². The molecule has 2 aliphatic rings. The number of β-lactam (4-membered cyclic amide) rings is 1. The van der Waals surface area contributed by atoms with Gasteiger partial charge < -0.3 is 21.1 Å². The lowest BCUT2D eigenvalue weighted by atomic mass is 9.95. The highest BCUT2D eigenvalue weighted by atomic mass is 32.2. The highest BCUT2D eigenvalue weighted by Crippen LogP contribution is 2.50. The summed E-state index contributed by atoms with van der Waals surface area (Å²) in [5, 5.41) is 11.7. The molecular weight excluding hydrogens is 330 g/mol. The molecule has 2 saturated heterocycles. The van der Waals surface area contributed by atoms with Crippen LogP contribution in [0.2, 0.25) is 0 Å². The minimum absolute atomic E-state index is 0.375. The van der Waals surface area contributed by atoms with Crippen molar-refractivity contribution in [3.8, 4) is 0 Å². The Morgan fingerprint density at radius 2 is 1.96 bits per heavy atom. The zero-order valence-electron chi connectivity index (χ0n) is 13.3. The molecule has 2 amide bonds. The Labute approximate surface area is 143 Å². The molecule has 0 radical (unpaired) electrons. The van der Waals surface area contributed by atoms with Crippen LogP contribution >= 0.6 is 11.8 Å². The van der Waals surface area contributed by atoms with Gasteiger partial charge in [-0.1, -0.05) is 30.3 Å². The summed E-state index contributed by atoms with van der Waals surface area (Å²) in [6.07, 6.45) is 0. The van der Waals surface area contributed by atoms with Gasteiger partial charge in [0.1, 0.15) is 23.5 Å². The van der Waals surface area contributed by atoms with Gasteiger partial charge in [0.2, 0.25) is 11.8 Å². The van der Waals surface area contributed by atoms with Crippen LogP contribution in [0.5, 0.6) is 0 Å². The van der Waals surface area contributed by atoms with Crippen LogP contribution in [0.25, 0.3) is 0 Å². The minimum Gasteiger partial charge on any atom is -0.480 e. The number of nitrogens with zero attached hydrogens (tertiary/aromatic N) is 1. The van der Waals surface area contributed by atoms with E-state index in [1.165, 1.54) is 16.7 Å². The largest absolute Gasteiger partial charge is 0.480 e. The number of nitrogens with one attached hydrogen (secondary N) is 1. The summed E-state index contributed by atoms with van der Waals surface area (Å²) >= 11 is 1.38. The third-order valence-electron chi connectivity index (χ3n) is 4.41. The first-order valence-corrected chi connectivity index (χ1v) is 8.45. The van der Waals surface area contributed by atoms with Crippen molar-refractivity contribution < 1.29 is 19.5 Å². The van der Waals surface area contributed by atoms with E-state index in [0.717, 1.165) is 0 Å². The summed E-state index contributed by atoms with van der Waals surface area (Å²) in [5.41, 5.74) is 6.59. The predicted octanol–water partition coefficient (Wildman–Crippen LogP) is 0.318. The van der Waals surface area contributed by atoms with Crippen molar-refractivity contribution in [2.45, 2.75) is 42.1 Å². The molecule has 4 N–H and O–H groups in total. The third-order valence-corrected chi connectivity index (χ3v) is 5.99. The van der Waals surface area contributed by atoms with Crippen molar-refractivity contribution in [2.75, 3.05) is 0 Å². The van der Waals surface area contributed by atoms with E-state index in [1.807, 2.05) is 6.07 Å². The molecule has 1 unspecified atom stereocenters. The monoisotopic (exact) mass is 349 g/mol. The lowest BCUT2D eigenvalue weighted by molar-refractivity contribution is -0.161. The van der Waals surface area contributed by atoms with Gasteiger partial charge in [-0.2, -0.15) is 0 Å². The fourth-order valence-corrected chi connectivity index (χ4v) is 4.83. The van der Waals surface area contributed by atoms with E-state index >= 15 is 0 Å². The van der Waals surface area contributed by atoms with Crippen LogP contribution in [0, 0.1) is 0 Å². The number of hydrogen-bond donors (Lipinski definition) is 3. The molecule has 1 aromatic carbocycles. The van der Waals surface area contributed by atoms with Crippen molar-refractivity contribution in [1.82, 2.24) is 10.2 Å². The highest BCUT2D eigenvalue weighted by molar-refractivity contribution is 8.01. The van der Waals surface area contributed by atoms with Gasteiger partial charge in [-0.05, 0) is 19.4 Å². The number of aliphatic carboxylic acids is 1. The van der Waals surface area contributed by atoms with E-state index in [4.69, 9.17) is 5.73 Å². The molecule has 128 valence electrons. The molecule has 0 spiro atoms. The molecule has 2 heterocycles. The number of carboxylic acid groups (broad SMARTS) is 1. The van der Waals surface area contributed by atoms with Crippen LogP contribution < -0.4 is 11.1 Å². The van der Waals surface area contributed by atoms with E-state index < -0.39 is 34.7 Å². The molecule has 2 fully saturated rings. The van der Waals surface area contributed by atoms with Crippen LogP contribution in [0.1, 0.15) is 25.5 Å². The third kappa shape index (κ3) is 2.55. The topological polar surface area (TPSA) is 113 Å². The number of carbonyl (C=O) groups is 3. The molecular formula is C16H19N3O4S. The van der Waals surface area contributed by atoms with Gasteiger partial charge >= 0.3 is 5.97 Å². The summed E-state index contributed by atoms with van der Waals surface area (Å²) in [6.45, 7) is 3.58. The predicted molar refractivity (Wildman–Crippen MR) is 89.0 cm³/mol. The summed E-state index contributed by atoms with van der Waals surface area (Å²) in [7, 11) is 0. The number of hydrogen-bond acceptors (Lipinski definition) is 5. The van der Waals surface area contributed by atoms with Crippen LogP contribution in [0.15, 0.2) is 30.3 Å². The van der Waals surface area contributed by atoms with Gasteiger partial charge in [0, 0.05) is 4.75 Å². The van der Waals surface area contributed by atoms with Crippen molar-refractivity contribution in [3.63, 3.8) is 0 Å². The van der Waals surface area contributed by atoms with E-state index in [-0.39, 0.29) is 11.3 Å². The Morgan fingerprint density at radius 3 is 2.54 bits per heavy atom. The molecule has 3 rings (SSSR count). The van der Waals surface area contributed by atoms with Gasteiger partial charge in [0.05, 0.1) is 0 Å². The van der Waals surface area contributed by atoms with Crippen LogP contribution in [0.3, 0.4) is 0 Å². The number of rotatable bonds is 4. The smallest absolute Gasteiger partial charge is 0.327 e. The number of benzene rings is 1. The number of amides is 2. The summed E-state index contributed by atoms with van der Waals surface area (Å²) in [6, 6.07) is 6.38. The molecule has 0 bridgehead atoms. The molecule has 0 aromatic heterocycles. The first-order chi connectivity index (χ1) is 11.2. The molecule has 0 aliphatic carbocycles. The van der Waals surface area contributed by atoms with Crippen molar-refractivity contribution in [1.29, 1.82) is 0 Å². The lowest BCUT2D eigenvalue weighted by Crippen LogP contribution is -2.71. The fraction of sp³-hybridized carbons (Fsp3) is 0.438. The van der Waals surface area contributed by atoms with Gasteiger partial charge in [0.15, 0.2) is 0 Å². The van der Waals surface area contributed by atoms with Gasteiger partial charge in [0.25, 0.3) is 0 Å². The molecule has 7 nitrogen and oxygen atoms in total. The zero-order chi connectivity index (χ0) is 17.6. The van der Waals surface area contributed by atoms with Crippen LogP contribution in [0.4, 0.5) is 0 Å². The number of thioether (sulfide) groups is 1. The summed E-state index contributed by atoms with van der Waals surface area (Å²) in [4.78, 5) is 37.5. The fourth-order valence-electron chi connectivity index (χ4n) is 3.20. The Bertz CT molecular complexity index is 694. The average molecular weight is 349 g/mol. The summed E-state index contributed by atoms with van der Waals surface area (Å²) in [5.74, 6) is -1.86. The molecule has 2 aliphatic heterocycles. The van der Waals surface area contributed by atoms with E-state index in [0.29, 0.717) is 5.56 Å². The second-order valence-electron chi connectivity index (χ2n) is 6.47. The minimum atomic E-state index is -1.03. The first-order valence-electron chi connectivity index (χ1n) is 7.58. The Morgan fingerprint density at radius 1 is 1.33 bits per heavy atom.